The van der Waals surface area contributed by atoms with E-state index in [-0.39, 0.29) is 0 Å². The van der Waals surface area contributed by atoms with E-state index in [1.165, 1.54) is 12.5 Å². The molecule has 0 spiro atoms. The first-order valence-corrected chi connectivity index (χ1v) is 2.83. The summed E-state index contributed by atoms with van der Waals surface area (Å²) in [5.41, 5.74) is 0. The third kappa shape index (κ3) is 6.95. The fourth-order valence-electron chi connectivity index (χ4n) is 0.302. The van der Waals surface area contributed by atoms with Crippen LogP contribution in [0.2, 0.25) is 0 Å². The molecule has 0 N–H and O–H groups in total. The van der Waals surface area contributed by atoms with Crippen LogP contribution in [0.4, 0.5) is 0 Å². The highest BCUT2D eigenvalue weighted by Crippen LogP contribution is 1.74. The summed E-state index contributed by atoms with van der Waals surface area (Å²) in [6.45, 7) is 6.14. The molecule has 0 aromatic heterocycles. The number of hydrogen-bond acceptors (Lipinski definition) is 2. The molecule has 2 heteroatoms. The van der Waals surface area contributed by atoms with E-state index in [4.69, 9.17) is 0 Å². The Balaban J connectivity index is 3.23. The summed E-state index contributed by atoms with van der Waals surface area (Å²) < 4.78 is 4.67. The molecule has 0 aromatic carbocycles. The summed E-state index contributed by atoms with van der Waals surface area (Å²) in [5, 5.41) is 0. The first-order valence-electron chi connectivity index (χ1n) is 2.83. The largest absolute Gasteiger partial charge is 0.473 e. The van der Waals surface area contributed by atoms with Crippen molar-refractivity contribution in [2.45, 2.75) is 6.92 Å². The Kier molecular flexibility index (Phi) is 6.14. The summed E-state index contributed by atoms with van der Waals surface area (Å²) in [4.78, 5) is 3.92. The van der Waals surface area contributed by atoms with Gasteiger partial charge in [-0.25, -0.2) is 0 Å². The maximum atomic E-state index is 4.67. The fourth-order valence-corrected chi connectivity index (χ4v) is 0.302. The molecule has 0 radical (unpaired) electrons. The monoisotopic (exact) mass is 125 g/mol. The molecule has 0 atom stereocenters. The lowest BCUT2D eigenvalue weighted by molar-refractivity contribution is 0.405. The lowest BCUT2D eigenvalue weighted by atomic mass is 10.6. The third-order valence-electron chi connectivity index (χ3n) is 0.627. The van der Waals surface area contributed by atoms with Crippen LogP contribution in [0, 0.1) is 0 Å². The highest BCUT2D eigenvalue weighted by atomic mass is 16.5. The van der Waals surface area contributed by atoms with Crippen LogP contribution in [0.1, 0.15) is 6.92 Å². The van der Waals surface area contributed by atoms with Gasteiger partial charge >= 0.3 is 0 Å². The molecule has 0 heterocycles. The molecule has 0 bridgehead atoms. The number of nitrogens with zero attached hydrogens (tertiary/aromatic N) is 1. The SMILES string of the molecule is C=CO/C=C/C=N\CC. The van der Waals surface area contributed by atoms with Gasteiger partial charge in [-0.3, -0.25) is 4.99 Å². The molecule has 0 aliphatic carbocycles. The van der Waals surface area contributed by atoms with Crippen LogP contribution < -0.4 is 0 Å². The lowest BCUT2D eigenvalue weighted by Gasteiger charge is -1.82. The minimum absolute atomic E-state index is 0.804. The van der Waals surface area contributed by atoms with Gasteiger partial charge in [0.1, 0.15) is 0 Å². The summed E-state index contributed by atoms with van der Waals surface area (Å²) in [5.74, 6) is 0. The van der Waals surface area contributed by atoms with Gasteiger partial charge in [-0.1, -0.05) is 6.58 Å². The van der Waals surface area contributed by atoms with Gasteiger partial charge in [-0.15, -0.1) is 0 Å². The van der Waals surface area contributed by atoms with E-state index in [1.807, 2.05) is 6.92 Å². The maximum absolute atomic E-state index is 4.67. The lowest BCUT2D eigenvalue weighted by Crippen LogP contribution is -1.69. The van der Waals surface area contributed by atoms with E-state index in [1.54, 1.807) is 12.3 Å². The summed E-state index contributed by atoms with van der Waals surface area (Å²) in [7, 11) is 0. The molecule has 0 unspecified atom stereocenters. The molecule has 0 saturated heterocycles. The van der Waals surface area contributed by atoms with Crippen molar-refractivity contribution in [2.24, 2.45) is 4.99 Å². The molecular weight excluding hydrogens is 114 g/mol. The third-order valence-corrected chi connectivity index (χ3v) is 0.627. The molecule has 0 fully saturated rings. The molecule has 2 nitrogen and oxygen atoms in total. The molecule has 0 aromatic rings. The van der Waals surface area contributed by atoms with Crippen LogP contribution in [0.5, 0.6) is 0 Å². The Morgan fingerprint density at radius 2 is 2.44 bits per heavy atom. The van der Waals surface area contributed by atoms with Gasteiger partial charge in [0.15, 0.2) is 0 Å². The van der Waals surface area contributed by atoms with E-state index in [0.717, 1.165) is 6.54 Å². The second-order valence-corrected chi connectivity index (χ2v) is 1.28. The van der Waals surface area contributed by atoms with E-state index in [2.05, 4.69) is 16.3 Å². The maximum Gasteiger partial charge on any atom is 0.0916 e. The van der Waals surface area contributed by atoms with E-state index in [0.29, 0.717) is 0 Å². The van der Waals surface area contributed by atoms with E-state index in [9.17, 15) is 0 Å². The molecule has 0 aliphatic rings. The summed E-state index contributed by atoms with van der Waals surface area (Å²) in [6, 6.07) is 0. The van der Waals surface area contributed by atoms with Crippen molar-refractivity contribution in [2.75, 3.05) is 6.54 Å². The minimum Gasteiger partial charge on any atom is -0.473 e. The Labute approximate surface area is 55.6 Å². The minimum atomic E-state index is 0.804. The predicted octanol–water partition coefficient (Wildman–Crippen LogP) is 1.75. The standard InChI is InChI=1S/C7H11NO/c1-3-8-6-5-7-9-4-2/h4-7H,2-3H2,1H3/b7-5+,8-6-. The number of ether oxygens (including phenoxy) is 1. The second kappa shape index (κ2) is 6.95. The van der Waals surface area contributed by atoms with Gasteiger partial charge in [-0.05, 0) is 13.0 Å². The quantitative estimate of drug-likeness (QED) is 0.414. The van der Waals surface area contributed by atoms with Gasteiger partial charge in [0.2, 0.25) is 0 Å². The van der Waals surface area contributed by atoms with Gasteiger partial charge < -0.3 is 4.74 Å². The van der Waals surface area contributed by atoms with Crippen molar-refractivity contribution in [3.63, 3.8) is 0 Å². The first kappa shape index (κ1) is 7.95. The van der Waals surface area contributed by atoms with Crippen LogP contribution >= 0.6 is 0 Å². The predicted molar refractivity (Wildman–Crippen MR) is 39.5 cm³/mol. The van der Waals surface area contributed by atoms with E-state index >= 15 is 0 Å². The van der Waals surface area contributed by atoms with Crippen LogP contribution in [-0.2, 0) is 4.74 Å². The normalized spacial score (nSPS) is 10.8. The van der Waals surface area contributed by atoms with Gasteiger partial charge in [0.25, 0.3) is 0 Å². The fraction of sp³-hybridized carbons (Fsp3) is 0.286. The summed E-state index contributed by atoms with van der Waals surface area (Å²) >= 11 is 0. The van der Waals surface area contributed by atoms with Gasteiger partial charge in [0.05, 0.1) is 12.5 Å². The van der Waals surface area contributed by atoms with Crippen LogP contribution in [0.3, 0.4) is 0 Å². The van der Waals surface area contributed by atoms with Crippen LogP contribution in [-0.4, -0.2) is 12.8 Å². The molecule has 0 saturated carbocycles. The van der Waals surface area contributed by atoms with Crippen LogP contribution in [0.25, 0.3) is 0 Å². The van der Waals surface area contributed by atoms with E-state index < -0.39 is 0 Å². The van der Waals surface area contributed by atoms with Gasteiger partial charge in [-0.2, -0.15) is 0 Å². The Morgan fingerprint density at radius 3 is 3.00 bits per heavy atom. The highest BCUT2D eigenvalue weighted by molar-refractivity contribution is 5.70. The molecule has 0 aliphatic heterocycles. The number of aliphatic imine (C=N–C) groups is 1. The Bertz CT molecular complexity index is 116. The zero-order valence-electron chi connectivity index (χ0n) is 5.58. The second-order valence-electron chi connectivity index (χ2n) is 1.28. The van der Waals surface area contributed by atoms with Gasteiger partial charge in [0, 0.05) is 12.8 Å². The molecule has 0 amide bonds. The van der Waals surface area contributed by atoms with Crippen LogP contribution in [0.15, 0.2) is 30.2 Å². The molecule has 50 valence electrons. The van der Waals surface area contributed by atoms with Crippen molar-refractivity contribution in [3.05, 3.63) is 25.2 Å². The molecule has 0 rings (SSSR count). The zero-order chi connectivity index (χ0) is 6.95. The zero-order valence-corrected chi connectivity index (χ0v) is 5.58. The van der Waals surface area contributed by atoms with Crippen molar-refractivity contribution in [1.29, 1.82) is 0 Å². The first-order chi connectivity index (χ1) is 4.41. The molecular formula is C7H11NO. The average molecular weight is 125 g/mol. The molecule has 9 heavy (non-hydrogen) atoms. The highest BCUT2D eigenvalue weighted by Gasteiger charge is 1.63. The van der Waals surface area contributed by atoms with Crippen molar-refractivity contribution >= 4 is 6.21 Å². The van der Waals surface area contributed by atoms with Crippen molar-refractivity contribution in [1.82, 2.24) is 0 Å². The van der Waals surface area contributed by atoms with Crippen molar-refractivity contribution < 1.29 is 4.74 Å². The summed E-state index contributed by atoms with van der Waals surface area (Å²) in [6.07, 6.45) is 6.27. The number of allylic oxidation sites excluding steroid dienone is 1. The average Bonchev–Trinajstić information content (AvgIpc) is 1.89. The topological polar surface area (TPSA) is 21.6 Å². The Hall–Kier alpha value is -1.05. The number of rotatable bonds is 4. The van der Waals surface area contributed by atoms with Crippen molar-refractivity contribution in [3.8, 4) is 0 Å². The number of hydrogen-bond donors (Lipinski definition) is 0. The smallest absolute Gasteiger partial charge is 0.0916 e. The Morgan fingerprint density at radius 1 is 1.67 bits per heavy atom.